The Morgan fingerprint density at radius 3 is 2.48 bits per heavy atom. The summed E-state index contributed by atoms with van der Waals surface area (Å²) >= 11 is 2.84. The highest BCUT2D eigenvalue weighted by Crippen LogP contribution is 2.40. The maximum absolute atomic E-state index is 12.7. The Hall–Kier alpha value is -3.26. The van der Waals surface area contributed by atoms with E-state index in [9.17, 15) is 24.3 Å². The summed E-state index contributed by atoms with van der Waals surface area (Å²) in [4.78, 5) is 50.1. The highest BCUT2D eigenvalue weighted by molar-refractivity contribution is 8.00. The lowest BCUT2D eigenvalue weighted by Crippen LogP contribution is -2.71. The normalized spacial score (nSPS) is 18.9. The molecule has 0 aromatic carbocycles. The maximum atomic E-state index is 12.7. The molecule has 0 unspecified atom stereocenters. The van der Waals surface area contributed by atoms with Crippen LogP contribution >= 0.6 is 23.1 Å². The monoisotopic (exact) mass is 494 g/mol. The summed E-state index contributed by atoms with van der Waals surface area (Å²) in [5, 5.41) is 15.9. The minimum absolute atomic E-state index is 0. The topological polar surface area (TPSA) is 200 Å². The van der Waals surface area contributed by atoms with E-state index in [0.717, 1.165) is 4.88 Å². The third-order valence-corrected chi connectivity index (χ3v) is 7.24. The van der Waals surface area contributed by atoms with Crippen molar-refractivity contribution in [2.45, 2.75) is 24.4 Å². The summed E-state index contributed by atoms with van der Waals surface area (Å²) in [5.41, 5.74) is 5.91. The van der Waals surface area contributed by atoms with Gasteiger partial charge in [0.25, 0.3) is 5.91 Å². The number of nitrogens with one attached hydrogen (secondary N) is 1. The standard InChI is InChI=1S/C20H18N4O5S2.2H2O/c21-17(26)11-3-5-23(6-4-11)9-12-10-31-19-15(18(27)24(19)16(12)20(28)29)22-14(25)8-13-2-1-7-30-13;;/h1-7,15,19H,8-10H2,(H3-,21,22,25,26,28,29);2*1H2/t15-,19-;;/m1../s1. The van der Waals surface area contributed by atoms with Gasteiger partial charge in [0.15, 0.2) is 18.9 Å². The van der Waals surface area contributed by atoms with E-state index in [4.69, 9.17) is 5.73 Å². The van der Waals surface area contributed by atoms with Gasteiger partial charge in [-0.3, -0.25) is 19.3 Å². The molecule has 4 rings (SSSR count). The number of carboxylic acids is 1. The van der Waals surface area contributed by atoms with Crippen LogP contribution in [0.25, 0.3) is 0 Å². The molecule has 0 saturated carbocycles. The summed E-state index contributed by atoms with van der Waals surface area (Å²) in [6.07, 6.45) is 3.40. The molecular formula is C20H22N4O7S2. The molecule has 0 radical (unpaired) electrons. The molecule has 7 N–H and O–H groups in total. The molecule has 2 aromatic heterocycles. The maximum Gasteiger partial charge on any atom is 0.253 e. The summed E-state index contributed by atoms with van der Waals surface area (Å²) in [6.45, 7) is 0.210. The number of primary amides is 1. The van der Waals surface area contributed by atoms with Crippen molar-refractivity contribution in [2.75, 3.05) is 5.75 Å². The Morgan fingerprint density at radius 2 is 1.91 bits per heavy atom. The van der Waals surface area contributed by atoms with Crippen molar-refractivity contribution < 1.29 is 39.8 Å². The molecule has 2 aromatic rings. The molecule has 1 fully saturated rings. The average molecular weight is 495 g/mol. The quantitative estimate of drug-likeness (QED) is 0.306. The Bertz CT molecular complexity index is 1090. The molecule has 0 aliphatic carbocycles. The van der Waals surface area contributed by atoms with Gasteiger partial charge in [-0.2, -0.15) is 0 Å². The van der Waals surface area contributed by atoms with Gasteiger partial charge in [0, 0.05) is 28.3 Å². The van der Waals surface area contributed by atoms with E-state index in [0.29, 0.717) is 16.9 Å². The molecule has 1 saturated heterocycles. The first-order chi connectivity index (χ1) is 14.8. The van der Waals surface area contributed by atoms with Gasteiger partial charge in [-0.15, -0.1) is 23.1 Å². The molecule has 2 aliphatic heterocycles. The number of carbonyl (C=O) groups excluding carboxylic acids is 4. The molecule has 2 aliphatic rings. The van der Waals surface area contributed by atoms with Crippen LogP contribution in [-0.4, -0.2) is 56.7 Å². The first kappa shape index (κ1) is 26.0. The Morgan fingerprint density at radius 1 is 1.21 bits per heavy atom. The second-order valence-electron chi connectivity index (χ2n) is 7.07. The zero-order valence-corrected chi connectivity index (χ0v) is 18.8. The van der Waals surface area contributed by atoms with Crippen molar-refractivity contribution in [2.24, 2.45) is 5.73 Å². The first-order valence-electron chi connectivity index (χ1n) is 9.34. The number of carboxylic acid groups (broad SMARTS) is 1. The van der Waals surface area contributed by atoms with Gasteiger partial charge in [0.05, 0.1) is 23.7 Å². The van der Waals surface area contributed by atoms with Crippen molar-refractivity contribution >= 4 is 46.8 Å². The van der Waals surface area contributed by atoms with Crippen LogP contribution < -0.4 is 20.7 Å². The van der Waals surface area contributed by atoms with Crippen LogP contribution in [0.15, 0.2) is 53.3 Å². The van der Waals surface area contributed by atoms with Gasteiger partial charge in [0.2, 0.25) is 11.8 Å². The Kier molecular flexibility index (Phi) is 8.33. The number of rotatable bonds is 7. The van der Waals surface area contributed by atoms with Gasteiger partial charge in [0.1, 0.15) is 11.4 Å². The van der Waals surface area contributed by atoms with Crippen molar-refractivity contribution in [1.29, 1.82) is 0 Å². The number of hydrogen-bond acceptors (Lipinski definition) is 7. The molecule has 176 valence electrons. The molecule has 3 amide bonds. The van der Waals surface area contributed by atoms with Crippen LogP contribution in [0.4, 0.5) is 0 Å². The highest BCUT2D eigenvalue weighted by Gasteiger charge is 2.53. The van der Waals surface area contributed by atoms with Gasteiger partial charge in [-0.05, 0) is 11.4 Å². The number of β-lactam (4-membered cyclic amide) rings is 1. The molecule has 33 heavy (non-hydrogen) atoms. The lowest BCUT2D eigenvalue weighted by molar-refractivity contribution is -0.689. The molecule has 2 atom stereocenters. The highest BCUT2D eigenvalue weighted by atomic mass is 32.2. The number of nitrogens with zero attached hydrogens (tertiary/aromatic N) is 2. The predicted octanol–water partition coefficient (Wildman–Crippen LogP) is -2.87. The largest absolute Gasteiger partial charge is 0.543 e. The van der Waals surface area contributed by atoms with Crippen LogP contribution in [0, 0.1) is 0 Å². The predicted molar refractivity (Wildman–Crippen MR) is 117 cm³/mol. The third-order valence-electron chi connectivity index (χ3n) is 5.02. The number of nitrogens with two attached hydrogens (primary N) is 1. The number of pyridine rings is 1. The second-order valence-corrected chi connectivity index (χ2v) is 9.21. The van der Waals surface area contributed by atoms with E-state index < -0.39 is 29.2 Å². The minimum atomic E-state index is -1.44. The van der Waals surface area contributed by atoms with Crippen molar-refractivity contribution in [3.8, 4) is 0 Å². The second kappa shape index (κ2) is 10.6. The molecular weight excluding hydrogens is 472 g/mol. The minimum Gasteiger partial charge on any atom is -0.543 e. The van der Waals surface area contributed by atoms with E-state index in [1.807, 2.05) is 17.5 Å². The van der Waals surface area contributed by atoms with Gasteiger partial charge in [-0.25, -0.2) is 4.57 Å². The Balaban J connectivity index is 0.00000193. The first-order valence-corrected chi connectivity index (χ1v) is 11.3. The zero-order valence-electron chi connectivity index (χ0n) is 17.1. The van der Waals surface area contributed by atoms with Crippen LogP contribution in [0.2, 0.25) is 0 Å². The number of thioether (sulfide) groups is 1. The molecule has 0 spiro atoms. The number of amides is 3. The Labute approximate surface area is 196 Å². The molecule has 11 nitrogen and oxygen atoms in total. The van der Waals surface area contributed by atoms with Crippen molar-refractivity contribution in [3.63, 3.8) is 0 Å². The zero-order chi connectivity index (χ0) is 22.1. The fourth-order valence-corrected chi connectivity index (χ4v) is 5.58. The number of aliphatic carboxylic acids is 1. The van der Waals surface area contributed by atoms with E-state index in [-0.39, 0.29) is 35.5 Å². The van der Waals surface area contributed by atoms with Crippen LogP contribution in [0.1, 0.15) is 15.2 Å². The number of fused-ring (bicyclic) bond motifs is 1. The van der Waals surface area contributed by atoms with Gasteiger partial charge >= 0.3 is 0 Å². The van der Waals surface area contributed by atoms with Crippen LogP contribution in [-0.2, 0) is 27.3 Å². The number of thiophene rings is 1. The fraction of sp³-hybridized carbons (Fsp3) is 0.250. The van der Waals surface area contributed by atoms with Gasteiger partial charge < -0.3 is 31.9 Å². The molecule has 4 heterocycles. The summed E-state index contributed by atoms with van der Waals surface area (Å²) in [7, 11) is 0. The third kappa shape index (κ3) is 5.22. The number of aromatic nitrogens is 1. The summed E-state index contributed by atoms with van der Waals surface area (Å²) in [5.74, 6) is -2.39. The average Bonchev–Trinajstić information content (AvgIpc) is 3.24. The van der Waals surface area contributed by atoms with Crippen LogP contribution in [0.5, 0.6) is 0 Å². The van der Waals surface area contributed by atoms with E-state index in [1.165, 1.54) is 40.1 Å². The molecule has 13 heteroatoms. The van der Waals surface area contributed by atoms with Gasteiger partial charge in [-0.1, -0.05) is 6.07 Å². The fourth-order valence-electron chi connectivity index (χ4n) is 3.54. The van der Waals surface area contributed by atoms with E-state index >= 15 is 0 Å². The summed E-state index contributed by atoms with van der Waals surface area (Å²) in [6, 6.07) is 5.99. The SMILES string of the molecule is NC(=O)c1cc[n+](CC2=C(C(=O)[O-])N3C(=O)[C@@H](NC(=O)Cc4cccs4)[C@H]3SC2)cc1.O.O. The lowest BCUT2D eigenvalue weighted by atomic mass is 10.0. The van der Waals surface area contributed by atoms with Crippen molar-refractivity contribution in [1.82, 2.24) is 10.2 Å². The smallest absolute Gasteiger partial charge is 0.253 e. The van der Waals surface area contributed by atoms with E-state index in [1.54, 1.807) is 17.0 Å². The molecule has 0 bridgehead atoms. The summed E-state index contributed by atoms with van der Waals surface area (Å²) < 4.78 is 1.69. The van der Waals surface area contributed by atoms with E-state index in [2.05, 4.69) is 5.32 Å². The van der Waals surface area contributed by atoms with Crippen molar-refractivity contribution in [3.05, 3.63) is 63.7 Å². The number of carbonyl (C=O) groups is 4. The lowest BCUT2D eigenvalue weighted by Gasteiger charge is -2.50. The van der Waals surface area contributed by atoms with Crippen LogP contribution in [0.3, 0.4) is 0 Å². The number of hydrogen-bond donors (Lipinski definition) is 2.